The van der Waals surface area contributed by atoms with E-state index in [0.717, 1.165) is 32.2 Å². The molecule has 0 spiro atoms. The highest BCUT2D eigenvalue weighted by molar-refractivity contribution is 7.85. The summed E-state index contributed by atoms with van der Waals surface area (Å²) in [7, 11) is -0.781. The fourth-order valence-electron chi connectivity index (χ4n) is 3.84. The first kappa shape index (κ1) is 19.3. The van der Waals surface area contributed by atoms with Crippen molar-refractivity contribution >= 4 is 39.0 Å². The summed E-state index contributed by atoms with van der Waals surface area (Å²) in [5.41, 5.74) is 3.54. The lowest BCUT2D eigenvalue weighted by Gasteiger charge is -2.24. The zero-order valence-corrected chi connectivity index (χ0v) is 18.1. The van der Waals surface area contributed by atoms with Crippen LogP contribution in [-0.2, 0) is 22.0 Å². The number of rotatable bonds is 5. The predicted octanol–water partition coefficient (Wildman–Crippen LogP) is 4.20. The van der Waals surface area contributed by atoms with Crippen LogP contribution in [0.5, 0.6) is 0 Å². The first-order valence-corrected chi connectivity index (χ1v) is 11.8. The highest BCUT2D eigenvalue weighted by atomic mass is 32.2. The van der Waals surface area contributed by atoms with Gasteiger partial charge in [0.1, 0.15) is 0 Å². The molecule has 0 unspecified atom stereocenters. The Morgan fingerprint density at radius 2 is 2.14 bits per heavy atom. The first-order chi connectivity index (χ1) is 13.3. The van der Waals surface area contributed by atoms with Gasteiger partial charge in [-0.05, 0) is 62.1 Å². The third kappa shape index (κ3) is 3.39. The molecule has 1 saturated carbocycles. The van der Waals surface area contributed by atoms with Gasteiger partial charge >= 0.3 is 0 Å². The number of aryl methyl sites for hydroxylation is 1. The molecule has 2 atom stereocenters. The molecule has 6 nitrogen and oxygen atoms in total. The lowest BCUT2D eigenvalue weighted by molar-refractivity contribution is -0.114. The topological polar surface area (TPSA) is 86.1 Å². The number of benzene rings is 1. The second-order valence-corrected chi connectivity index (χ2v) is 10.1. The number of thiazole rings is 1. The maximum atomic E-state index is 13.1. The SMILES string of the molecule is CC(=O)Nc1nc(C)c(-c2cc3c(c([S@@](C)=N)c2)C(=O)N([C@@H](C)C2CC2)C3)s1. The number of carbonyl (C=O) groups excluding carboxylic acids is 2. The average molecular weight is 417 g/mol. The maximum absolute atomic E-state index is 13.1. The largest absolute Gasteiger partial charge is 0.331 e. The summed E-state index contributed by atoms with van der Waals surface area (Å²) in [6, 6.07) is 4.29. The van der Waals surface area contributed by atoms with Crippen LogP contribution in [0.2, 0.25) is 0 Å². The summed E-state index contributed by atoms with van der Waals surface area (Å²) in [6.07, 6.45) is 4.23. The fourth-order valence-corrected chi connectivity index (χ4v) is 5.67. The number of nitrogens with zero attached hydrogens (tertiary/aromatic N) is 2. The number of carbonyl (C=O) groups is 2. The van der Waals surface area contributed by atoms with Crippen molar-refractivity contribution in [3.8, 4) is 10.4 Å². The van der Waals surface area contributed by atoms with Crippen LogP contribution >= 0.6 is 11.3 Å². The van der Waals surface area contributed by atoms with E-state index in [0.29, 0.717) is 17.6 Å². The van der Waals surface area contributed by atoms with Crippen molar-refractivity contribution in [2.24, 2.45) is 5.92 Å². The molecule has 1 fully saturated rings. The Kier molecular flexibility index (Phi) is 4.87. The van der Waals surface area contributed by atoms with Gasteiger partial charge in [0.25, 0.3) is 5.91 Å². The van der Waals surface area contributed by atoms with Crippen LogP contribution in [0.25, 0.3) is 10.4 Å². The maximum Gasteiger partial charge on any atom is 0.255 e. The molecule has 2 aliphatic rings. The van der Waals surface area contributed by atoms with Gasteiger partial charge in [0.15, 0.2) is 5.13 Å². The minimum Gasteiger partial charge on any atom is -0.331 e. The molecule has 0 saturated heterocycles. The number of anilines is 1. The fraction of sp³-hybridized carbons (Fsp3) is 0.450. The average Bonchev–Trinajstić information content (AvgIpc) is 3.33. The van der Waals surface area contributed by atoms with Gasteiger partial charge in [-0.2, -0.15) is 0 Å². The van der Waals surface area contributed by atoms with Gasteiger partial charge in [0.05, 0.1) is 16.1 Å². The van der Waals surface area contributed by atoms with Crippen LogP contribution in [0.15, 0.2) is 17.0 Å². The number of aromatic nitrogens is 1. The zero-order chi connectivity index (χ0) is 20.2. The highest BCUT2D eigenvalue weighted by Gasteiger charge is 2.40. The van der Waals surface area contributed by atoms with Crippen LogP contribution in [0.3, 0.4) is 0 Å². The Labute approximate surface area is 171 Å². The molecule has 1 aromatic heterocycles. The third-order valence-electron chi connectivity index (χ3n) is 5.47. The Hall–Kier alpha value is -2.06. The summed E-state index contributed by atoms with van der Waals surface area (Å²) in [5, 5.41) is 3.32. The molecule has 1 aromatic carbocycles. The van der Waals surface area contributed by atoms with Gasteiger partial charge in [0.2, 0.25) is 5.91 Å². The van der Waals surface area contributed by atoms with Crippen LogP contribution in [0.4, 0.5) is 5.13 Å². The van der Waals surface area contributed by atoms with E-state index in [-0.39, 0.29) is 17.9 Å². The molecule has 28 heavy (non-hydrogen) atoms. The Bertz CT molecular complexity index is 1010. The summed E-state index contributed by atoms with van der Waals surface area (Å²) in [4.78, 5) is 32.7. The van der Waals surface area contributed by atoms with E-state index >= 15 is 0 Å². The summed E-state index contributed by atoms with van der Waals surface area (Å²) < 4.78 is 8.35. The lowest BCUT2D eigenvalue weighted by Crippen LogP contribution is -2.34. The van der Waals surface area contributed by atoms with Crippen molar-refractivity contribution < 1.29 is 9.59 Å². The normalized spacial score (nSPS) is 18.1. The molecular formula is C20H24N4O2S2. The highest BCUT2D eigenvalue weighted by Crippen LogP contribution is 2.41. The second-order valence-electron chi connectivity index (χ2n) is 7.64. The first-order valence-electron chi connectivity index (χ1n) is 9.36. The molecule has 1 aliphatic carbocycles. The smallest absolute Gasteiger partial charge is 0.255 e. The molecular weight excluding hydrogens is 392 g/mol. The van der Waals surface area contributed by atoms with E-state index in [9.17, 15) is 9.59 Å². The number of nitrogens with one attached hydrogen (secondary N) is 2. The van der Waals surface area contributed by atoms with E-state index in [4.69, 9.17) is 4.78 Å². The summed E-state index contributed by atoms with van der Waals surface area (Å²) in [5.74, 6) is 0.537. The van der Waals surface area contributed by atoms with E-state index < -0.39 is 10.7 Å². The molecule has 0 bridgehead atoms. The third-order valence-corrected chi connectivity index (χ3v) is 7.57. The van der Waals surface area contributed by atoms with Crippen molar-refractivity contribution in [3.63, 3.8) is 0 Å². The number of hydrogen-bond donors (Lipinski definition) is 2. The molecule has 1 aliphatic heterocycles. The predicted molar refractivity (Wildman–Crippen MR) is 113 cm³/mol. The second kappa shape index (κ2) is 7.08. The van der Waals surface area contributed by atoms with Crippen molar-refractivity contribution in [3.05, 3.63) is 29.0 Å². The molecule has 4 rings (SSSR count). The van der Waals surface area contributed by atoms with Gasteiger partial charge in [-0.15, -0.1) is 0 Å². The van der Waals surface area contributed by atoms with Crippen LogP contribution < -0.4 is 5.32 Å². The van der Waals surface area contributed by atoms with Crippen molar-refractivity contribution in [1.82, 2.24) is 9.88 Å². The van der Waals surface area contributed by atoms with E-state index in [1.165, 1.54) is 31.1 Å². The van der Waals surface area contributed by atoms with Crippen LogP contribution in [-0.4, -0.2) is 34.0 Å². The van der Waals surface area contributed by atoms with Gasteiger partial charge in [-0.3, -0.25) is 14.4 Å². The lowest BCUT2D eigenvalue weighted by atomic mass is 10.0. The van der Waals surface area contributed by atoms with Gasteiger partial charge in [-0.25, -0.2) is 4.98 Å². The van der Waals surface area contributed by atoms with Crippen molar-refractivity contribution in [1.29, 1.82) is 4.78 Å². The van der Waals surface area contributed by atoms with E-state index in [2.05, 4.69) is 23.3 Å². The summed E-state index contributed by atoms with van der Waals surface area (Å²) in [6.45, 7) is 6.14. The Morgan fingerprint density at radius 1 is 1.43 bits per heavy atom. The molecule has 2 heterocycles. The molecule has 148 valence electrons. The molecule has 8 heteroatoms. The van der Waals surface area contributed by atoms with Crippen molar-refractivity contribution in [2.75, 3.05) is 11.6 Å². The number of amides is 2. The zero-order valence-electron chi connectivity index (χ0n) is 16.5. The minimum atomic E-state index is -0.781. The van der Waals surface area contributed by atoms with Crippen LogP contribution in [0, 0.1) is 17.6 Å². The Balaban J connectivity index is 1.77. The molecule has 2 aromatic rings. The van der Waals surface area contributed by atoms with Gasteiger partial charge in [0, 0.05) is 24.4 Å². The monoisotopic (exact) mass is 416 g/mol. The van der Waals surface area contributed by atoms with Gasteiger partial charge in [-0.1, -0.05) is 22.0 Å². The summed E-state index contributed by atoms with van der Waals surface area (Å²) >= 11 is 1.43. The van der Waals surface area contributed by atoms with Crippen LogP contribution in [0.1, 0.15) is 48.3 Å². The number of fused-ring (bicyclic) bond motifs is 1. The molecule has 2 amide bonds. The van der Waals surface area contributed by atoms with Crippen molar-refractivity contribution in [2.45, 2.75) is 51.1 Å². The quantitative estimate of drug-likeness (QED) is 0.766. The minimum absolute atomic E-state index is 0.0718. The standard InChI is InChI=1S/C20H24N4O2S2/c1-10-18(27-20(22-10)23-12(3)25)14-7-15-9-24(11(2)13-5-6-13)19(26)17(15)16(8-14)28(4)21/h7-8,11,13,21H,5-6,9H2,1-4H3,(H,22,23,25)/t11-,28+/m0/s1. The van der Waals surface area contributed by atoms with E-state index in [1.807, 2.05) is 24.1 Å². The van der Waals surface area contributed by atoms with E-state index in [1.54, 1.807) is 0 Å². The Morgan fingerprint density at radius 3 is 2.75 bits per heavy atom. The van der Waals surface area contributed by atoms with Gasteiger partial charge < -0.3 is 10.2 Å². The molecule has 2 N–H and O–H groups in total. The molecule has 0 radical (unpaired) electrons. The number of hydrogen-bond acceptors (Lipinski definition) is 5.